The second kappa shape index (κ2) is 9.56. The van der Waals surface area contributed by atoms with E-state index in [2.05, 4.69) is 32.2 Å². The molecule has 0 spiro atoms. The Morgan fingerprint density at radius 3 is 2.27 bits per heavy atom. The maximum absolute atomic E-state index is 12.8. The van der Waals surface area contributed by atoms with E-state index in [0.29, 0.717) is 5.02 Å². The number of nitrogens with zero attached hydrogens (tertiary/aromatic N) is 3. The summed E-state index contributed by atoms with van der Waals surface area (Å²) in [7, 11) is 1.68. The van der Waals surface area contributed by atoms with Crippen molar-refractivity contribution in [3.63, 3.8) is 0 Å². The summed E-state index contributed by atoms with van der Waals surface area (Å²) in [4.78, 5) is 21.8. The molecule has 2 fully saturated rings. The van der Waals surface area contributed by atoms with Crippen molar-refractivity contribution in [2.75, 3.05) is 43.1 Å². The molecule has 30 heavy (non-hydrogen) atoms. The average molecular weight is 429 g/mol. The highest BCUT2D eigenvalue weighted by Crippen LogP contribution is 2.25. The van der Waals surface area contributed by atoms with Gasteiger partial charge in [0.05, 0.1) is 12.1 Å². The third kappa shape index (κ3) is 4.98. The van der Waals surface area contributed by atoms with Crippen LogP contribution in [0.3, 0.4) is 0 Å². The Balaban J connectivity index is 1.22. The lowest BCUT2D eigenvalue weighted by Gasteiger charge is -2.36. The third-order valence-electron chi connectivity index (χ3n) is 6.18. The molecule has 0 radical (unpaired) electrons. The second-order valence-corrected chi connectivity index (χ2v) is 8.50. The first-order valence-electron chi connectivity index (χ1n) is 10.7. The summed E-state index contributed by atoms with van der Waals surface area (Å²) in [6.45, 7) is 3.61. The van der Waals surface area contributed by atoms with Crippen molar-refractivity contribution in [2.45, 2.75) is 31.7 Å². The van der Waals surface area contributed by atoms with Gasteiger partial charge in [-0.2, -0.15) is 0 Å². The van der Waals surface area contributed by atoms with Crippen molar-refractivity contribution < 1.29 is 9.53 Å². The van der Waals surface area contributed by atoms with Gasteiger partial charge in [-0.15, -0.1) is 0 Å². The molecular weight excluding hydrogens is 400 g/mol. The zero-order valence-corrected chi connectivity index (χ0v) is 18.1. The number of pyridine rings is 1. The zero-order valence-electron chi connectivity index (χ0n) is 17.4. The summed E-state index contributed by atoms with van der Waals surface area (Å²) in [5.74, 6) is 2.11. The molecule has 160 valence electrons. The fourth-order valence-corrected chi connectivity index (χ4v) is 4.43. The lowest BCUT2D eigenvalue weighted by molar-refractivity contribution is -0.126. The minimum atomic E-state index is 0.0909. The van der Waals surface area contributed by atoms with Crippen molar-refractivity contribution in [1.82, 2.24) is 10.3 Å². The summed E-state index contributed by atoms with van der Waals surface area (Å²) in [6, 6.07) is 12.3. The molecule has 0 unspecified atom stereocenters. The van der Waals surface area contributed by atoms with Gasteiger partial charge in [-0.05, 0) is 62.1 Å². The van der Waals surface area contributed by atoms with Gasteiger partial charge in [0.15, 0.2) is 0 Å². The van der Waals surface area contributed by atoms with E-state index in [4.69, 9.17) is 16.3 Å². The largest absolute Gasteiger partial charge is 0.497 e. The molecule has 0 saturated carbocycles. The first-order valence-corrected chi connectivity index (χ1v) is 11.1. The van der Waals surface area contributed by atoms with E-state index in [0.717, 1.165) is 63.4 Å². The van der Waals surface area contributed by atoms with Crippen LogP contribution in [0, 0.1) is 5.92 Å². The average Bonchev–Trinajstić information content (AvgIpc) is 2.80. The summed E-state index contributed by atoms with van der Waals surface area (Å²) >= 11 is 5.92. The summed E-state index contributed by atoms with van der Waals surface area (Å²) in [5.41, 5.74) is 1.21. The lowest BCUT2D eigenvalue weighted by Crippen LogP contribution is -2.48. The van der Waals surface area contributed by atoms with Gasteiger partial charge in [0.2, 0.25) is 5.91 Å². The van der Waals surface area contributed by atoms with Gasteiger partial charge < -0.3 is 19.9 Å². The molecule has 1 aromatic heterocycles. The smallest absolute Gasteiger partial charge is 0.223 e. The van der Waals surface area contributed by atoms with Crippen LogP contribution >= 0.6 is 11.6 Å². The molecule has 3 heterocycles. The Labute approximate surface area is 183 Å². The number of methoxy groups -OCH3 is 1. The van der Waals surface area contributed by atoms with Crippen LogP contribution in [-0.2, 0) is 4.79 Å². The highest BCUT2D eigenvalue weighted by atomic mass is 35.5. The van der Waals surface area contributed by atoms with E-state index >= 15 is 0 Å². The number of aromatic nitrogens is 1. The van der Waals surface area contributed by atoms with Gasteiger partial charge in [0.25, 0.3) is 0 Å². The van der Waals surface area contributed by atoms with Gasteiger partial charge >= 0.3 is 0 Å². The number of halogens is 1. The van der Waals surface area contributed by atoms with Crippen LogP contribution in [0.4, 0.5) is 11.5 Å². The number of piperidine rings is 2. The van der Waals surface area contributed by atoms with Crippen LogP contribution in [0.1, 0.15) is 25.7 Å². The molecule has 2 aromatic rings. The Hall–Kier alpha value is -2.47. The number of hydrogen-bond acceptors (Lipinski definition) is 5. The summed E-state index contributed by atoms with van der Waals surface area (Å²) < 4.78 is 5.23. The van der Waals surface area contributed by atoms with E-state index in [9.17, 15) is 4.79 Å². The van der Waals surface area contributed by atoms with Crippen LogP contribution in [0.5, 0.6) is 5.75 Å². The Morgan fingerprint density at radius 2 is 1.67 bits per heavy atom. The van der Waals surface area contributed by atoms with Crippen molar-refractivity contribution in [1.29, 1.82) is 0 Å². The van der Waals surface area contributed by atoms with Crippen LogP contribution in [0.2, 0.25) is 5.02 Å². The maximum Gasteiger partial charge on any atom is 0.223 e. The van der Waals surface area contributed by atoms with Crippen LogP contribution in [0.15, 0.2) is 42.6 Å². The van der Waals surface area contributed by atoms with Crippen LogP contribution in [-0.4, -0.2) is 50.2 Å². The van der Waals surface area contributed by atoms with E-state index in [-0.39, 0.29) is 17.9 Å². The second-order valence-electron chi connectivity index (χ2n) is 8.06. The fraction of sp³-hybridized carbons (Fsp3) is 0.478. The number of ether oxygens (including phenoxy) is 1. The topological polar surface area (TPSA) is 57.7 Å². The minimum Gasteiger partial charge on any atom is -0.497 e. The number of carbonyl (C=O) groups excluding carboxylic acids is 1. The molecular formula is C23H29ClN4O2. The van der Waals surface area contributed by atoms with Gasteiger partial charge in [-0.3, -0.25) is 4.79 Å². The predicted octanol–water partition coefficient (Wildman–Crippen LogP) is 3.75. The lowest BCUT2D eigenvalue weighted by atomic mass is 9.94. The summed E-state index contributed by atoms with van der Waals surface area (Å²) in [6.07, 6.45) is 5.35. The van der Waals surface area contributed by atoms with Gasteiger partial charge in [0, 0.05) is 50.0 Å². The molecule has 4 rings (SSSR count). The Bertz CT molecular complexity index is 827. The number of hydrogen-bond donors (Lipinski definition) is 1. The van der Waals surface area contributed by atoms with Gasteiger partial charge in [0.1, 0.15) is 11.6 Å². The van der Waals surface area contributed by atoms with Gasteiger partial charge in [-0.1, -0.05) is 11.6 Å². The van der Waals surface area contributed by atoms with Gasteiger partial charge in [-0.25, -0.2) is 4.98 Å². The number of amides is 1. The molecule has 1 amide bonds. The quantitative estimate of drug-likeness (QED) is 0.786. The molecule has 1 aromatic carbocycles. The monoisotopic (exact) mass is 428 g/mol. The maximum atomic E-state index is 12.8. The highest BCUT2D eigenvalue weighted by molar-refractivity contribution is 6.30. The zero-order chi connectivity index (χ0) is 20.9. The Morgan fingerprint density at radius 1 is 1.00 bits per heavy atom. The van der Waals surface area contributed by atoms with Crippen LogP contribution < -0.4 is 19.9 Å². The van der Waals surface area contributed by atoms with Crippen molar-refractivity contribution in [3.8, 4) is 5.75 Å². The molecule has 6 nitrogen and oxygen atoms in total. The first-order chi connectivity index (χ1) is 14.6. The molecule has 2 aliphatic rings. The van der Waals surface area contributed by atoms with E-state index < -0.39 is 0 Å². The number of carbonyl (C=O) groups is 1. The van der Waals surface area contributed by atoms with Crippen molar-refractivity contribution in [2.24, 2.45) is 5.92 Å². The minimum absolute atomic E-state index is 0.0909. The molecule has 2 aliphatic heterocycles. The summed E-state index contributed by atoms with van der Waals surface area (Å²) in [5, 5.41) is 3.95. The van der Waals surface area contributed by atoms with E-state index in [1.807, 2.05) is 24.3 Å². The van der Waals surface area contributed by atoms with E-state index in [1.54, 1.807) is 13.3 Å². The Kier molecular flexibility index (Phi) is 6.62. The number of benzene rings is 1. The molecule has 1 N–H and O–H groups in total. The normalized spacial score (nSPS) is 18.3. The molecule has 0 aliphatic carbocycles. The highest BCUT2D eigenvalue weighted by Gasteiger charge is 2.28. The standard InChI is InChI=1S/C23H29ClN4O2/c1-30-21-5-3-20(4-6-21)27-14-10-19(11-15-27)26-23(29)17-8-12-28(13-9-17)22-7-2-18(24)16-25-22/h2-7,16-17,19H,8-15H2,1H3,(H,26,29). The fourth-order valence-electron chi connectivity index (χ4n) is 4.32. The SMILES string of the molecule is COc1ccc(N2CCC(NC(=O)C3CCN(c4ccc(Cl)cn4)CC3)CC2)cc1. The molecule has 2 saturated heterocycles. The van der Waals surface area contributed by atoms with E-state index in [1.165, 1.54) is 5.69 Å². The first kappa shape index (κ1) is 20.8. The molecule has 0 bridgehead atoms. The number of nitrogens with one attached hydrogen (secondary N) is 1. The predicted molar refractivity (Wildman–Crippen MR) is 121 cm³/mol. The molecule has 0 atom stereocenters. The number of anilines is 2. The van der Waals surface area contributed by atoms with Crippen LogP contribution in [0.25, 0.3) is 0 Å². The molecule has 7 heteroatoms. The number of rotatable bonds is 5. The van der Waals surface area contributed by atoms with Crippen molar-refractivity contribution >= 4 is 29.0 Å². The third-order valence-corrected chi connectivity index (χ3v) is 6.40. The van der Waals surface area contributed by atoms with Crippen molar-refractivity contribution in [3.05, 3.63) is 47.6 Å².